The van der Waals surface area contributed by atoms with Crippen LogP contribution in [0.1, 0.15) is 22.8 Å². The predicted octanol–water partition coefficient (Wildman–Crippen LogP) is 4.49. The lowest BCUT2D eigenvalue weighted by Crippen LogP contribution is -2.31. The molecule has 0 radical (unpaired) electrons. The van der Waals surface area contributed by atoms with Crippen molar-refractivity contribution in [3.05, 3.63) is 89.8 Å². The van der Waals surface area contributed by atoms with Crippen molar-refractivity contribution in [3.63, 3.8) is 0 Å². The lowest BCUT2D eigenvalue weighted by atomic mass is 9.87. The zero-order valence-corrected chi connectivity index (χ0v) is 16.3. The second kappa shape index (κ2) is 6.36. The van der Waals surface area contributed by atoms with Crippen molar-refractivity contribution in [1.29, 1.82) is 0 Å². The molecule has 0 fully saturated rings. The molecule has 0 amide bonds. The molecule has 0 saturated heterocycles. The smallest absolute Gasteiger partial charge is 0.154 e. The molecule has 0 bridgehead atoms. The Morgan fingerprint density at radius 2 is 2.00 bits per heavy atom. The Hall–Kier alpha value is -3.31. The van der Waals surface area contributed by atoms with Crippen molar-refractivity contribution < 1.29 is 4.42 Å². The number of benzene rings is 2. The maximum Gasteiger partial charge on any atom is 0.154 e. The number of hydrogen-bond donors (Lipinski definition) is 0. The number of amidine groups is 1. The van der Waals surface area contributed by atoms with E-state index in [4.69, 9.17) is 9.52 Å². The Bertz CT molecular complexity index is 1160. The van der Waals surface area contributed by atoms with Crippen LogP contribution in [0.15, 0.2) is 82.5 Å². The van der Waals surface area contributed by atoms with E-state index >= 15 is 0 Å². The fourth-order valence-electron chi connectivity index (χ4n) is 4.53. The molecule has 29 heavy (non-hydrogen) atoms. The molecule has 0 aliphatic carbocycles. The number of likely N-dealkylation sites (N-methyl/N-ethyl adjacent to an activating group) is 1. The molecular formula is C24H22N4O. The van der Waals surface area contributed by atoms with E-state index in [0.717, 1.165) is 42.6 Å². The Morgan fingerprint density at radius 1 is 1.07 bits per heavy atom. The minimum Gasteiger partial charge on any atom is -0.460 e. The average molecular weight is 382 g/mol. The quantitative estimate of drug-likeness (QED) is 0.654. The van der Waals surface area contributed by atoms with Gasteiger partial charge in [0.15, 0.2) is 5.84 Å². The van der Waals surface area contributed by atoms with Crippen LogP contribution in [0.3, 0.4) is 0 Å². The minimum atomic E-state index is 0.243. The SMILES string of the molecule is CN1Cc2cc(N3CN4C=CC=CC4=N3)ccc2C(c2cc3ccccc3o2)C1. The Balaban J connectivity index is 1.37. The first-order valence-corrected chi connectivity index (χ1v) is 10.0. The van der Waals surface area contributed by atoms with E-state index in [9.17, 15) is 0 Å². The summed E-state index contributed by atoms with van der Waals surface area (Å²) in [5.41, 5.74) is 4.79. The van der Waals surface area contributed by atoms with Gasteiger partial charge in [0.05, 0.1) is 11.6 Å². The van der Waals surface area contributed by atoms with Crippen LogP contribution in [0, 0.1) is 0 Å². The van der Waals surface area contributed by atoms with Gasteiger partial charge in [-0.05, 0) is 54.6 Å². The first-order valence-electron chi connectivity index (χ1n) is 10.0. The minimum absolute atomic E-state index is 0.243. The second-order valence-corrected chi connectivity index (χ2v) is 7.99. The highest BCUT2D eigenvalue weighted by molar-refractivity contribution is 5.97. The van der Waals surface area contributed by atoms with E-state index in [1.165, 1.54) is 16.5 Å². The third kappa shape index (κ3) is 2.77. The van der Waals surface area contributed by atoms with E-state index in [2.05, 4.69) is 64.5 Å². The molecule has 4 heterocycles. The van der Waals surface area contributed by atoms with Crippen LogP contribution in [-0.2, 0) is 6.54 Å². The van der Waals surface area contributed by atoms with Crippen LogP contribution in [0.25, 0.3) is 11.0 Å². The molecule has 1 atom stereocenters. The van der Waals surface area contributed by atoms with Gasteiger partial charge < -0.3 is 14.2 Å². The largest absolute Gasteiger partial charge is 0.460 e. The molecule has 1 aromatic heterocycles. The number of hydrazone groups is 1. The number of rotatable bonds is 2. The molecular weight excluding hydrogens is 360 g/mol. The van der Waals surface area contributed by atoms with E-state index in [0.29, 0.717) is 0 Å². The van der Waals surface area contributed by atoms with E-state index < -0.39 is 0 Å². The third-order valence-corrected chi connectivity index (χ3v) is 5.95. The van der Waals surface area contributed by atoms with Gasteiger partial charge in [0.25, 0.3) is 0 Å². The Kier molecular flexibility index (Phi) is 3.64. The average Bonchev–Trinajstić information content (AvgIpc) is 3.36. The molecule has 5 nitrogen and oxygen atoms in total. The summed E-state index contributed by atoms with van der Waals surface area (Å²) in [6.07, 6.45) is 8.19. The summed E-state index contributed by atoms with van der Waals surface area (Å²) in [5, 5.41) is 8.00. The molecule has 0 N–H and O–H groups in total. The summed E-state index contributed by atoms with van der Waals surface area (Å²) in [6.45, 7) is 2.65. The van der Waals surface area contributed by atoms with Gasteiger partial charge in [-0.3, -0.25) is 0 Å². The van der Waals surface area contributed by atoms with Crippen LogP contribution in [0.2, 0.25) is 0 Å². The summed E-state index contributed by atoms with van der Waals surface area (Å²) in [7, 11) is 2.18. The maximum absolute atomic E-state index is 6.23. The van der Waals surface area contributed by atoms with Crippen LogP contribution in [-0.4, -0.2) is 35.9 Å². The predicted molar refractivity (Wildman–Crippen MR) is 116 cm³/mol. The number of anilines is 1. The standard InChI is InChI=1S/C24H22N4O/c1-26-14-18-12-19(28-16-27-11-5-4-8-24(27)25-28)9-10-20(18)21(15-26)23-13-17-6-2-3-7-22(17)29-23/h2-13,21H,14-16H2,1H3. The van der Waals surface area contributed by atoms with Crippen LogP contribution in [0.4, 0.5) is 5.69 Å². The van der Waals surface area contributed by atoms with Crippen LogP contribution < -0.4 is 5.01 Å². The highest BCUT2D eigenvalue weighted by Gasteiger charge is 2.29. The molecule has 0 spiro atoms. The van der Waals surface area contributed by atoms with Crippen LogP contribution >= 0.6 is 0 Å². The zero-order chi connectivity index (χ0) is 19.4. The van der Waals surface area contributed by atoms with Gasteiger partial charge in [-0.2, -0.15) is 5.10 Å². The van der Waals surface area contributed by atoms with Gasteiger partial charge in [-0.15, -0.1) is 0 Å². The second-order valence-electron chi connectivity index (χ2n) is 7.99. The van der Waals surface area contributed by atoms with Gasteiger partial charge in [-0.25, -0.2) is 5.01 Å². The number of fused-ring (bicyclic) bond motifs is 3. The third-order valence-electron chi connectivity index (χ3n) is 5.95. The molecule has 3 aliphatic heterocycles. The van der Waals surface area contributed by atoms with Crippen LogP contribution in [0.5, 0.6) is 0 Å². The topological polar surface area (TPSA) is 35.2 Å². The number of hydrogen-bond acceptors (Lipinski definition) is 5. The lowest BCUT2D eigenvalue weighted by molar-refractivity contribution is 0.282. The molecule has 3 aromatic rings. The van der Waals surface area contributed by atoms with Gasteiger partial charge in [0.1, 0.15) is 18.0 Å². The van der Waals surface area contributed by atoms with E-state index in [1.807, 2.05) is 30.4 Å². The lowest BCUT2D eigenvalue weighted by Gasteiger charge is -2.32. The van der Waals surface area contributed by atoms with E-state index in [1.54, 1.807) is 0 Å². The fraction of sp³-hybridized carbons (Fsp3) is 0.208. The van der Waals surface area contributed by atoms with Crippen molar-refractivity contribution in [1.82, 2.24) is 9.80 Å². The first-order chi connectivity index (χ1) is 14.2. The number of allylic oxidation sites excluding steroid dienone is 2. The van der Waals surface area contributed by atoms with Gasteiger partial charge in [0.2, 0.25) is 0 Å². The van der Waals surface area contributed by atoms with Gasteiger partial charge in [0, 0.05) is 24.7 Å². The van der Waals surface area contributed by atoms with Crippen molar-refractivity contribution in [2.24, 2.45) is 5.10 Å². The Labute approximate surface area is 169 Å². The molecule has 144 valence electrons. The zero-order valence-electron chi connectivity index (χ0n) is 16.3. The molecule has 2 aromatic carbocycles. The Morgan fingerprint density at radius 3 is 2.90 bits per heavy atom. The van der Waals surface area contributed by atoms with Gasteiger partial charge in [-0.1, -0.05) is 30.3 Å². The molecule has 5 heteroatoms. The monoisotopic (exact) mass is 382 g/mol. The summed E-state index contributed by atoms with van der Waals surface area (Å²) in [4.78, 5) is 4.53. The van der Waals surface area contributed by atoms with E-state index in [-0.39, 0.29) is 5.92 Å². The number of para-hydroxylation sites is 1. The fourth-order valence-corrected chi connectivity index (χ4v) is 4.53. The highest BCUT2D eigenvalue weighted by Crippen LogP contribution is 2.37. The van der Waals surface area contributed by atoms with Crippen molar-refractivity contribution in [2.75, 3.05) is 25.3 Å². The summed E-state index contributed by atoms with van der Waals surface area (Å²) in [6, 6.07) is 17.2. The number of nitrogens with zero attached hydrogens (tertiary/aromatic N) is 4. The molecule has 0 saturated carbocycles. The van der Waals surface area contributed by atoms with Crippen molar-refractivity contribution in [3.8, 4) is 0 Å². The van der Waals surface area contributed by atoms with Gasteiger partial charge >= 0.3 is 0 Å². The summed E-state index contributed by atoms with van der Waals surface area (Å²) in [5.74, 6) is 2.27. The summed E-state index contributed by atoms with van der Waals surface area (Å²) < 4.78 is 6.23. The maximum atomic E-state index is 6.23. The summed E-state index contributed by atoms with van der Waals surface area (Å²) >= 11 is 0. The molecule has 1 unspecified atom stereocenters. The molecule has 3 aliphatic rings. The number of furan rings is 1. The van der Waals surface area contributed by atoms with Crippen molar-refractivity contribution in [2.45, 2.75) is 12.5 Å². The normalized spacial score (nSPS) is 20.9. The molecule has 6 rings (SSSR count). The van der Waals surface area contributed by atoms with Crippen molar-refractivity contribution >= 4 is 22.5 Å². The highest BCUT2D eigenvalue weighted by atomic mass is 16.3. The first kappa shape index (κ1) is 16.6.